The Morgan fingerprint density at radius 3 is 2.92 bits per heavy atom. The van der Waals surface area contributed by atoms with E-state index in [9.17, 15) is 0 Å². The first-order chi connectivity index (χ1) is 12.6. The van der Waals surface area contributed by atoms with Gasteiger partial charge in [0.05, 0.1) is 0 Å². The van der Waals surface area contributed by atoms with E-state index >= 15 is 0 Å². The van der Waals surface area contributed by atoms with Crippen LogP contribution in [-0.2, 0) is 6.42 Å². The lowest BCUT2D eigenvalue weighted by Gasteiger charge is -2.44. The molecule has 1 saturated heterocycles. The first-order valence-electron chi connectivity index (χ1n) is 10.4. The fourth-order valence-electron chi connectivity index (χ4n) is 5.95. The monoisotopic (exact) mass is 346 g/mol. The highest BCUT2D eigenvalue weighted by atomic mass is 15.0. The average Bonchev–Trinajstić information content (AvgIpc) is 3.00. The molecule has 2 aliphatic carbocycles. The lowest BCUT2D eigenvalue weighted by molar-refractivity contribution is 0.122. The molecule has 2 heterocycles. The van der Waals surface area contributed by atoms with Crippen molar-refractivity contribution in [3.8, 4) is 0 Å². The lowest BCUT2D eigenvalue weighted by Crippen LogP contribution is -2.45. The Labute approximate surface area is 157 Å². The van der Waals surface area contributed by atoms with E-state index in [1.54, 1.807) is 11.1 Å². The third-order valence-corrected chi connectivity index (χ3v) is 7.72. The van der Waals surface area contributed by atoms with Crippen LogP contribution in [0.5, 0.6) is 0 Å². The fraction of sp³-hybridized carbons (Fsp3) is 0.542. The van der Waals surface area contributed by atoms with E-state index in [0.29, 0.717) is 17.9 Å². The molecule has 4 aliphatic rings. The van der Waals surface area contributed by atoms with Crippen molar-refractivity contribution in [1.29, 1.82) is 0 Å². The molecule has 1 N–H and O–H groups in total. The van der Waals surface area contributed by atoms with Crippen LogP contribution in [0.2, 0.25) is 0 Å². The van der Waals surface area contributed by atoms with E-state index < -0.39 is 0 Å². The highest BCUT2D eigenvalue weighted by molar-refractivity contribution is 5.64. The number of nitrogens with one attached hydrogen (secondary N) is 1. The molecule has 2 heteroatoms. The van der Waals surface area contributed by atoms with Crippen LogP contribution in [0.3, 0.4) is 0 Å². The van der Waals surface area contributed by atoms with Crippen molar-refractivity contribution >= 4 is 6.21 Å². The molecule has 0 spiro atoms. The first kappa shape index (κ1) is 16.4. The van der Waals surface area contributed by atoms with Gasteiger partial charge >= 0.3 is 0 Å². The minimum atomic E-state index is 0.277. The Balaban J connectivity index is 1.49. The summed E-state index contributed by atoms with van der Waals surface area (Å²) in [6.07, 6.45) is 10.7. The predicted molar refractivity (Wildman–Crippen MR) is 108 cm³/mol. The third kappa shape index (κ3) is 2.57. The summed E-state index contributed by atoms with van der Waals surface area (Å²) in [5.41, 5.74) is 6.56. The molecule has 5 unspecified atom stereocenters. The second-order valence-corrected chi connectivity index (χ2v) is 9.24. The van der Waals surface area contributed by atoms with Gasteiger partial charge in [-0.2, -0.15) is 0 Å². The summed E-state index contributed by atoms with van der Waals surface area (Å²) in [4.78, 5) is 4.82. The third-order valence-electron chi connectivity index (χ3n) is 7.72. The number of rotatable bonds is 3. The fourth-order valence-corrected chi connectivity index (χ4v) is 5.95. The van der Waals surface area contributed by atoms with Crippen LogP contribution in [0.4, 0.5) is 0 Å². The van der Waals surface area contributed by atoms with Gasteiger partial charge in [0.25, 0.3) is 0 Å². The molecule has 4 bridgehead atoms. The molecular formula is C24H30N2. The van der Waals surface area contributed by atoms with E-state index in [1.165, 1.54) is 36.9 Å². The molecule has 1 aromatic carbocycles. The van der Waals surface area contributed by atoms with Crippen molar-refractivity contribution in [2.24, 2.45) is 28.2 Å². The molecule has 136 valence electrons. The van der Waals surface area contributed by atoms with Gasteiger partial charge in [-0.1, -0.05) is 49.8 Å². The smallest absolute Gasteiger partial charge is 0.0445 e. The van der Waals surface area contributed by atoms with Crippen LogP contribution in [0.25, 0.3) is 0 Å². The van der Waals surface area contributed by atoms with Crippen molar-refractivity contribution in [3.05, 3.63) is 58.8 Å². The van der Waals surface area contributed by atoms with Crippen molar-refractivity contribution in [2.45, 2.75) is 52.0 Å². The molecule has 5 rings (SSSR count). The maximum atomic E-state index is 4.82. The van der Waals surface area contributed by atoms with Gasteiger partial charge in [-0.15, -0.1) is 0 Å². The molecule has 2 fully saturated rings. The van der Waals surface area contributed by atoms with Gasteiger partial charge in [0, 0.05) is 36.8 Å². The van der Waals surface area contributed by atoms with Crippen LogP contribution in [0.1, 0.15) is 45.1 Å². The predicted octanol–water partition coefficient (Wildman–Crippen LogP) is 4.93. The zero-order chi connectivity index (χ0) is 17.7. The van der Waals surface area contributed by atoms with Crippen molar-refractivity contribution < 1.29 is 0 Å². The number of hydrogen-bond acceptors (Lipinski definition) is 2. The van der Waals surface area contributed by atoms with Crippen molar-refractivity contribution in [1.82, 2.24) is 5.32 Å². The summed E-state index contributed by atoms with van der Waals surface area (Å²) in [5.74, 6) is 2.10. The lowest BCUT2D eigenvalue weighted by atomic mass is 9.61. The first-order valence-corrected chi connectivity index (χ1v) is 10.4. The second-order valence-electron chi connectivity index (χ2n) is 9.24. The molecule has 0 aromatic heterocycles. The zero-order valence-corrected chi connectivity index (χ0v) is 16.0. The summed E-state index contributed by atoms with van der Waals surface area (Å²) in [6, 6.07) is 11.6. The minimum absolute atomic E-state index is 0.277. The zero-order valence-electron chi connectivity index (χ0n) is 16.0. The molecule has 2 aliphatic heterocycles. The van der Waals surface area contributed by atoms with Gasteiger partial charge in [0.15, 0.2) is 0 Å². The van der Waals surface area contributed by atoms with Gasteiger partial charge in [0.1, 0.15) is 0 Å². The quantitative estimate of drug-likeness (QED) is 0.824. The highest BCUT2D eigenvalue weighted by Gasteiger charge is 2.50. The van der Waals surface area contributed by atoms with Crippen molar-refractivity contribution in [2.75, 3.05) is 6.54 Å². The molecule has 5 atom stereocenters. The number of hydrogen-bond donors (Lipinski definition) is 1. The number of allylic oxidation sites excluding steroid dienone is 4. The van der Waals surface area contributed by atoms with Gasteiger partial charge in [-0.05, 0) is 60.1 Å². The molecule has 0 amide bonds. The van der Waals surface area contributed by atoms with Gasteiger partial charge < -0.3 is 5.32 Å². The van der Waals surface area contributed by atoms with E-state index in [4.69, 9.17) is 4.99 Å². The molecule has 26 heavy (non-hydrogen) atoms. The number of benzene rings is 1. The van der Waals surface area contributed by atoms with Gasteiger partial charge in [-0.3, -0.25) is 4.99 Å². The molecule has 2 nitrogen and oxygen atoms in total. The maximum Gasteiger partial charge on any atom is 0.0445 e. The Morgan fingerprint density at radius 2 is 2.08 bits per heavy atom. The van der Waals surface area contributed by atoms with E-state index in [2.05, 4.69) is 61.8 Å². The summed E-state index contributed by atoms with van der Waals surface area (Å²) in [5, 5.41) is 4.01. The molecule has 0 radical (unpaired) electrons. The number of aliphatic imine (C=N–C) groups is 1. The summed E-state index contributed by atoms with van der Waals surface area (Å²) >= 11 is 0. The van der Waals surface area contributed by atoms with Crippen LogP contribution in [-0.4, -0.2) is 18.8 Å². The van der Waals surface area contributed by atoms with E-state index in [1.807, 2.05) is 0 Å². The van der Waals surface area contributed by atoms with Gasteiger partial charge in [0.2, 0.25) is 0 Å². The molecule has 1 aromatic rings. The summed E-state index contributed by atoms with van der Waals surface area (Å²) in [6.45, 7) is 5.95. The Kier molecular flexibility index (Phi) is 3.84. The molecular weight excluding hydrogens is 316 g/mol. The normalized spacial score (nSPS) is 38.9. The van der Waals surface area contributed by atoms with Crippen LogP contribution in [0.15, 0.2) is 58.2 Å². The van der Waals surface area contributed by atoms with E-state index in [-0.39, 0.29) is 5.41 Å². The number of aryl methyl sites for hydroxylation is 1. The minimum Gasteiger partial charge on any atom is -0.385 e. The number of nitrogens with zero attached hydrogens (tertiary/aromatic N) is 1. The van der Waals surface area contributed by atoms with E-state index in [0.717, 1.165) is 18.9 Å². The topological polar surface area (TPSA) is 24.4 Å². The number of fused-ring (bicyclic) bond motifs is 2. The van der Waals surface area contributed by atoms with Crippen molar-refractivity contribution in [3.63, 3.8) is 0 Å². The second kappa shape index (κ2) is 6.11. The maximum absolute atomic E-state index is 4.82. The Hall–Kier alpha value is -1.83. The Bertz CT molecular complexity index is 788. The SMILES string of the molecule is CC1C2NC3=CC4=C(CC3C2CCc2ccccc2)CC1(C)C/N=C\C4. The largest absolute Gasteiger partial charge is 0.385 e. The summed E-state index contributed by atoms with van der Waals surface area (Å²) < 4.78 is 0. The average molecular weight is 347 g/mol. The van der Waals surface area contributed by atoms with Crippen LogP contribution >= 0.6 is 0 Å². The van der Waals surface area contributed by atoms with Crippen LogP contribution in [0, 0.1) is 23.2 Å². The van der Waals surface area contributed by atoms with Gasteiger partial charge in [-0.25, -0.2) is 0 Å². The summed E-state index contributed by atoms with van der Waals surface area (Å²) in [7, 11) is 0. The Morgan fingerprint density at radius 1 is 1.23 bits per heavy atom. The highest BCUT2D eigenvalue weighted by Crippen LogP contribution is 2.53. The standard InChI is InChI=1S/C24H30N2/c1-16-23-20(9-8-17-6-4-3-5-7-17)21-12-19-14-24(16,2)15-25-11-10-18(19)13-22(21)26-23/h3-7,11,13,16,20-21,23,26H,8-10,12,14-15H2,1-2H3/b25-11-. The van der Waals surface area contributed by atoms with Crippen LogP contribution < -0.4 is 5.32 Å². The molecule has 1 saturated carbocycles.